The Hall–Kier alpha value is -2.36. The molecule has 4 nitrogen and oxygen atoms in total. The van der Waals surface area contributed by atoms with Crippen LogP contribution < -0.4 is 10.6 Å². The van der Waals surface area contributed by atoms with Crippen LogP contribution in [0.4, 0.5) is 11.5 Å². The van der Waals surface area contributed by atoms with E-state index in [-0.39, 0.29) is 5.91 Å². The van der Waals surface area contributed by atoms with Crippen molar-refractivity contribution in [3.8, 4) is 0 Å². The van der Waals surface area contributed by atoms with Gasteiger partial charge in [0.05, 0.1) is 5.56 Å². The minimum atomic E-state index is -0.170. The zero-order chi connectivity index (χ0) is 13.0. The van der Waals surface area contributed by atoms with Gasteiger partial charge in [-0.1, -0.05) is 17.7 Å². The summed E-state index contributed by atoms with van der Waals surface area (Å²) in [7, 11) is 1.74. The number of nitrogens with zero attached hydrogens (tertiary/aromatic N) is 1. The fourth-order valence-corrected chi connectivity index (χ4v) is 1.62. The van der Waals surface area contributed by atoms with Crippen LogP contribution in [0.5, 0.6) is 0 Å². The van der Waals surface area contributed by atoms with Crippen molar-refractivity contribution in [2.24, 2.45) is 0 Å². The number of carbonyl (C=O) groups is 1. The van der Waals surface area contributed by atoms with E-state index in [9.17, 15) is 4.79 Å². The molecule has 0 atom stereocenters. The number of carbonyl (C=O) groups excluding carboxylic acids is 1. The monoisotopic (exact) mass is 241 g/mol. The van der Waals surface area contributed by atoms with Crippen molar-refractivity contribution in [3.05, 3.63) is 53.7 Å². The van der Waals surface area contributed by atoms with Gasteiger partial charge in [0, 0.05) is 18.9 Å². The molecule has 1 heterocycles. The van der Waals surface area contributed by atoms with E-state index in [0.717, 1.165) is 11.3 Å². The van der Waals surface area contributed by atoms with Gasteiger partial charge in [-0.25, -0.2) is 4.98 Å². The van der Waals surface area contributed by atoms with Crippen LogP contribution in [-0.2, 0) is 0 Å². The molecule has 4 heteroatoms. The first-order valence-electron chi connectivity index (χ1n) is 5.71. The standard InChI is InChI=1S/C14H15N3O/c1-10-5-7-11(8-6-10)17-14(18)12-4-3-9-16-13(12)15-2/h3-9H,1-2H3,(H,15,16)(H,17,18). The van der Waals surface area contributed by atoms with Gasteiger partial charge in [0.25, 0.3) is 5.91 Å². The molecule has 92 valence electrons. The number of hydrogen-bond acceptors (Lipinski definition) is 3. The van der Waals surface area contributed by atoms with E-state index in [0.29, 0.717) is 11.4 Å². The lowest BCUT2D eigenvalue weighted by atomic mass is 10.2. The molecular formula is C14H15N3O. The van der Waals surface area contributed by atoms with Crippen molar-refractivity contribution in [2.75, 3.05) is 17.7 Å². The largest absolute Gasteiger partial charge is 0.372 e. The van der Waals surface area contributed by atoms with E-state index in [1.807, 2.05) is 31.2 Å². The summed E-state index contributed by atoms with van der Waals surface area (Å²) in [5.41, 5.74) is 2.46. The van der Waals surface area contributed by atoms with Crippen LogP contribution in [0.3, 0.4) is 0 Å². The first-order chi connectivity index (χ1) is 8.70. The number of hydrogen-bond donors (Lipinski definition) is 2. The molecule has 0 aliphatic rings. The number of amides is 1. The summed E-state index contributed by atoms with van der Waals surface area (Å²) in [5.74, 6) is 0.401. The van der Waals surface area contributed by atoms with E-state index in [2.05, 4.69) is 15.6 Å². The van der Waals surface area contributed by atoms with E-state index >= 15 is 0 Å². The van der Waals surface area contributed by atoms with Gasteiger partial charge in [-0.05, 0) is 31.2 Å². The van der Waals surface area contributed by atoms with Crippen molar-refractivity contribution in [1.82, 2.24) is 4.98 Å². The lowest BCUT2D eigenvalue weighted by Gasteiger charge is -2.08. The zero-order valence-corrected chi connectivity index (χ0v) is 10.4. The highest BCUT2D eigenvalue weighted by molar-refractivity contribution is 6.07. The Bertz CT molecular complexity index is 549. The zero-order valence-electron chi connectivity index (χ0n) is 10.4. The Labute approximate surface area is 106 Å². The molecule has 18 heavy (non-hydrogen) atoms. The summed E-state index contributed by atoms with van der Waals surface area (Å²) >= 11 is 0. The molecule has 1 aromatic carbocycles. The lowest BCUT2D eigenvalue weighted by Crippen LogP contribution is -2.14. The van der Waals surface area contributed by atoms with Crippen LogP contribution in [-0.4, -0.2) is 17.9 Å². The van der Waals surface area contributed by atoms with Crippen LogP contribution in [0, 0.1) is 6.92 Å². The lowest BCUT2D eigenvalue weighted by molar-refractivity contribution is 0.102. The highest BCUT2D eigenvalue weighted by atomic mass is 16.1. The fourth-order valence-electron chi connectivity index (χ4n) is 1.62. The summed E-state index contributed by atoms with van der Waals surface area (Å²) in [6.07, 6.45) is 1.65. The second kappa shape index (κ2) is 5.31. The molecule has 1 aromatic heterocycles. The summed E-state index contributed by atoms with van der Waals surface area (Å²) in [5, 5.41) is 5.74. The molecule has 0 aliphatic heterocycles. The van der Waals surface area contributed by atoms with Crippen LogP contribution in [0.25, 0.3) is 0 Å². The Kier molecular flexibility index (Phi) is 3.57. The SMILES string of the molecule is CNc1ncccc1C(=O)Nc1ccc(C)cc1. The first kappa shape index (κ1) is 12.1. The smallest absolute Gasteiger partial charge is 0.259 e. The highest BCUT2D eigenvalue weighted by Gasteiger charge is 2.10. The van der Waals surface area contributed by atoms with Gasteiger partial charge < -0.3 is 10.6 Å². The third kappa shape index (κ3) is 2.66. The summed E-state index contributed by atoms with van der Waals surface area (Å²) in [6, 6.07) is 11.1. The van der Waals surface area contributed by atoms with Gasteiger partial charge in [0.15, 0.2) is 0 Å². The minimum absolute atomic E-state index is 0.170. The van der Waals surface area contributed by atoms with Crippen LogP contribution in [0.15, 0.2) is 42.6 Å². The van der Waals surface area contributed by atoms with Gasteiger partial charge >= 0.3 is 0 Å². The Balaban J connectivity index is 2.19. The quantitative estimate of drug-likeness (QED) is 0.868. The normalized spacial score (nSPS) is 9.89. The maximum Gasteiger partial charge on any atom is 0.259 e. The number of rotatable bonds is 3. The van der Waals surface area contributed by atoms with Crippen molar-refractivity contribution in [2.45, 2.75) is 6.92 Å². The molecule has 2 aromatic rings. The average Bonchev–Trinajstić information content (AvgIpc) is 2.41. The molecular weight excluding hydrogens is 226 g/mol. The third-order valence-electron chi connectivity index (χ3n) is 2.60. The molecule has 0 radical (unpaired) electrons. The number of benzene rings is 1. The van der Waals surface area contributed by atoms with Gasteiger partial charge in [0.2, 0.25) is 0 Å². The summed E-state index contributed by atoms with van der Waals surface area (Å²) < 4.78 is 0. The predicted octanol–water partition coefficient (Wildman–Crippen LogP) is 2.68. The van der Waals surface area contributed by atoms with E-state index in [1.54, 1.807) is 25.4 Å². The first-order valence-corrected chi connectivity index (χ1v) is 5.71. The third-order valence-corrected chi connectivity index (χ3v) is 2.60. The minimum Gasteiger partial charge on any atom is -0.372 e. The van der Waals surface area contributed by atoms with E-state index in [1.165, 1.54) is 0 Å². The molecule has 2 rings (SSSR count). The maximum absolute atomic E-state index is 12.1. The van der Waals surface area contributed by atoms with Gasteiger partial charge in [-0.3, -0.25) is 4.79 Å². The number of aromatic nitrogens is 1. The summed E-state index contributed by atoms with van der Waals surface area (Å²) in [6.45, 7) is 2.01. The molecule has 0 saturated carbocycles. The number of pyridine rings is 1. The Morgan fingerprint density at radius 1 is 1.17 bits per heavy atom. The summed E-state index contributed by atoms with van der Waals surface area (Å²) in [4.78, 5) is 16.2. The van der Waals surface area contributed by atoms with Crippen molar-refractivity contribution in [1.29, 1.82) is 0 Å². The highest BCUT2D eigenvalue weighted by Crippen LogP contribution is 2.14. The van der Waals surface area contributed by atoms with Crippen LogP contribution in [0.2, 0.25) is 0 Å². The van der Waals surface area contributed by atoms with Gasteiger partial charge in [-0.15, -0.1) is 0 Å². The Morgan fingerprint density at radius 3 is 2.56 bits per heavy atom. The molecule has 0 aliphatic carbocycles. The number of aryl methyl sites for hydroxylation is 1. The molecule has 0 fully saturated rings. The van der Waals surface area contributed by atoms with Crippen LogP contribution >= 0.6 is 0 Å². The molecule has 0 unspecified atom stereocenters. The molecule has 2 N–H and O–H groups in total. The number of nitrogens with one attached hydrogen (secondary N) is 2. The maximum atomic E-state index is 12.1. The molecule has 0 spiro atoms. The topological polar surface area (TPSA) is 54.0 Å². The van der Waals surface area contributed by atoms with E-state index < -0.39 is 0 Å². The second-order valence-corrected chi connectivity index (χ2v) is 3.97. The Morgan fingerprint density at radius 2 is 1.89 bits per heavy atom. The van der Waals surface area contributed by atoms with Crippen LogP contribution in [0.1, 0.15) is 15.9 Å². The van der Waals surface area contributed by atoms with Crippen molar-refractivity contribution in [3.63, 3.8) is 0 Å². The van der Waals surface area contributed by atoms with E-state index in [4.69, 9.17) is 0 Å². The molecule has 0 saturated heterocycles. The van der Waals surface area contributed by atoms with Gasteiger partial charge in [0.1, 0.15) is 5.82 Å². The fraction of sp³-hybridized carbons (Fsp3) is 0.143. The van der Waals surface area contributed by atoms with Crippen molar-refractivity contribution < 1.29 is 4.79 Å². The predicted molar refractivity (Wildman–Crippen MR) is 72.9 cm³/mol. The molecule has 1 amide bonds. The van der Waals surface area contributed by atoms with Crippen molar-refractivity contribution >= 4 is 17.4 Å². The number of anilines is 2. The van der Waals surface area contributed by atoms with Gasteiger partial charge in [-0.2, -0.15) is 0 Å². The average molecular weight is 241 g/mol. The molecule has 0 bridgehead atoms. The second-order valence-electron chi connectivity index (χ2n) is 3.97.